The van der Waals surface area contributed by atoms with Crippen LogP contribution < -0.4 is 5.32 Å². The van der Waals surface area contributed by atoms with Crippen molar-refractivity contribution in [2.24, 2.45) is 5.92 Å². The minimum Gasteiger partial charge on any atom is -0.481 e. The van der Waals surface area contributed by atoms with Crippen LogP contribution in [0.1, 0.15) is 24.2 Å². The molecule has 1 aromatic carbocycles. The SMILES string of the molecule is CC(NC(=O)c1c(Cl)cccc1Cl)C(C)C(=O)O. The molecule has 0 aliphatic carbocycles. The molecule has 0 aliphatic rings. The quantitative estimate of drug-likeness (QED) is 0.896. The summed E-state index contributed by atoms with van der Waals surface area (Å²) in [6, 6.07) is 4.20. The number of halogens is 2. The normalized spacial score (nSPS) is 13.8. The third kappa shape index (κ3) is 3.37. The Hall–Kier alpha value is -1.26. The van der Waals surface area contributed by atoms with Gasteiger partial charge in [-0.05, 0) is 26.0 Å². The summed E-state index contributed by atoms with van der Waals surface area (Å²) < 4.78 is 0. The summed E-state index contributed by atoms with van der Waals surface area (Å²) in [4.78, 5) is 22.7. The number of hydrogen-bond donors (Lipinski definition) is 2. The van der Waals surface area contributed by atoms with Crippen molar-refractivity contribution in [2.45, 2.75) is 19.9 Å². The van der Waals surface area contributed by atoms with Crippen molar-refractivity contribution in [1.29, 1.82) is 0 Å². The van der Waals surface area contributed by atoms with Crippen LogP contribution in [0.3, 0.4) is 0 Å². The minimum absolute atomic E-state index is 0.158. The summed E-state index contributed by atoms with van der Waals surface area (Å²) in [6.45, 7) is 3.13. The average molecular weight is 290 g/mol. The van der Waals surface area contributed by atoms with Crippen molar-refractivity contribution in [3.63, 3.8) is 0 Å². The smallest absolute Gasteiger partial charge is 0.308 e. The molecule has 0 aromatic heterocycles. The molecule has 1 amide bonds. The first-order chi connectivity index (χ1) is 8.34. The Bertz CT molecular complexity index is 456. The number of rotatable bonds is 4. The molecule has 0 aliphatic heterocycles. The molecule has 2 atom stereocenters. The number of carbonyl (C=O) groups excluding carboxylic acids is 1. The Morgan fingerprint density at radius 2 is 1.72 bits per heavy atom. The molecule has 0 bridgehead atoms. The van der Waals surface area contributed by atoms with Crippen molar-refractivity contribution in [3.05, 3.63) is 33.8 Å². The van der Waals surface area contributed by atoms with Crippen LogP contribution in [0.25, 0.3) is 0 Å². The molecule has 0 radical (unpaired) electrons. The Balaban J connectivity index is 2.86. The fraction of sp³-hybridized carbons (Fsp3) is 0.333. The summed E-state index contributed by atoms with van der Waals surface area (Å²) in [5.41, 5.74) is 0.158. The summed E-state index contributed by atoms with van der Waals surface area (Å²) in [6.07, 6.45) is 0. The highest BCUT2D eigenvalue weighted by molar-refractivity contribution is 6.39. The monoisotopic (exact) mass is 289 g/mol. The number of amides is 1. The predicted molar refractivity (Wildman–Crippen MR) is 70.2 cm³/mol. The van der Waals surface area contributed by atoms with Crippen LogP contribution in [0.4, 0.5) is 0 Å². The average Bonchev–Trinajstić information content (AvgIpc) is 2.27. The van der Waals surface area contributed by atoms with E-state index in [0.29, 0.717) is 0 Å². The van der Waals surface area contributed by atoms with Crippen molar-refractivity contribution < 1.29 is 14.7 Å². The number of benzene rings is 1. The molecule has 18 heavy (non-hydrogen) atoms. The van der Waals surface area contributed by atoms with Crippen LogP contribution in [0.15, 0.2) is 18.2 Å². The number of carboxylic acids is 1. The summed E-state index contributed by atoms with van der Waals surface area (Å²) in [7, 11) is 0. The van der Waals surface area contributed by atoms with Gasteiger partial charge in [0.15, 0.2) is 0 Å². The highest BCUT2D eigenvalue weighted by Gasteiger charge is 2.23. The molecule has 2 unspecified atom stereocenters. The second-order valence-electron chi connectivity index (χ2n) is 3.99. The van der Waals surface area contributed by atoms with Crippen LogP contribution in [-0.2, 0) is 4.79 Å². The zero-order valence-electron chi connectivity index (χ0n) is 9.91. The van der Waals surface area contributed by atoms with Crippen LogP contribution >= 0.6 is 23.2 Å². The van der Waals surface area contributed by atoms with Gasteiger partial charge in [0, 0.05) is 6.04 Å². The first-order valence-corrected chi connectivity index (χ1v) is 6.08. The first-order valence-electron chi connectivity index (χ1n) is 5.32. The third-order valence-electron chi connectivity index (χ3n) is 2.69. The van der Waals surface area contributed by atoms with Gasteiger partial charge in [0.25, 0.3) is 5.91 Å². The van der Waals surface area contributed by atoms with E-state index in [0.717, 1.165) is 0 Å². The van der Waals surface area contributed by atoms with Crippen molar-refractivity contribution in [2.75, 3.05) is 0 Å². The van der Waals surface area contributed by atoms with Gasteiger partial charge in [0.05, 0.1) is 21.5 Å². The lowest BCUT2D eigenvalue weighted by Crippen LogP contribution is -2.40. The molecular weight excluding hydrogens is 277 g/mol. The third-order valence-corrected chi connectivity index (χ3v) is 3.32. The van der Waals surface area contributed by atoms with Crippen molar-refractivity contribution >= 4 is 35.1 Å². The van der Waals surface area contributed by atoms with E-state index in [2.05, 4.69) is 5.32 Å². The summed E-state index contributed by atoms with van der Waals surface area (Å²) >= 11 is 11.8. The fourth-order valence-corrected chi connectivity index (χ4v) is 1.90. The zero-order valence-corrected chi connectivity index (χ0v) is 11.4. The van der Waals surface area contributed by atoms with Crippen LogP contribution in [0, 0.1) is 5.92 Å². The minimum atomic E-state index is -0.979. The molecule has 0 saturated carbocycles. The van der Waals surface area contributed by atoms with E-state index in [-0.39, 0.29) is 15.6 Å². The largest absolute Gasteiger partial charge is 0.481 e. The highest BCUT2D eigenvalue weighted by Crippen LogP contribution is 2.24. The van der Waals surface area contributed by atoms with E-state index >= 15 is 0 Å². The lowest BCUT2D eigenvalue weighted by Gasteiger charge is -2.18. The lowest BCUT2D eigenvalue weighted by molar-refractivity contribution is -0.141. The Labute approximate surface area is 115 Å². The Morgan fingerprint density at radius 1 is 1.22 bits per heavy atom. The van der Waals surface area contributed by atoms with E-state index < -0.39 is 23.8 Å². The molecule has 98 valence electrons. The van der Waals surface area contributed by atoms with E-state index in [4.69, 9.17) is 28.3 Å². The van der Waals surface area contributed by atoms with Gasteiger partial charge in [-0.1, -0.05) is 29.3 Å². The second kappa shape index (κ2) is 6.07. The van der Waals surface area contributed by atoms with E-state index in [1.165, 1.54) is 6.92 Å². The second-order valence-corrected chi connectivity index (χ2v) is 4.80. The maximum Gasteiger partial charge on any atom is 0.308 e. The van der Waals surface area contributed by atoms with Crippen LogP contribution in [-0.4, -0.2) is 23.0 Å². The molecule has 1 rings (SSSR count). The van der Waals surface area contributed by atoms with Gasteiger partial charge in [-0.2, -0.15) is 0 Å². The highest BCUT2D eigenvalue weighted by atomic mass is 35.5. The summed E-state index contributed by atoms with van der Waals surface area (Å²) in [5.74, 6) is -2.16. The van der Waals surface area contributed by atoms with Crippen LogP contribution in [0.2, 0.25) is 10.0 Å². The van der Waals surface area contributed by atoms with Gasteiger partial charge in [0.1, 0.15) is 0 Å². The predicted octanol–water partition coefficient (Wildman–Crippen LogP) is 2.83. The number of nitrogens with one attached hydrogen (secondary N) is 1. The summed E-state index contributed by atoms with van der Waals surface area (Å²) in [5, 5.41) is 11.9. The Morgan fingerprint density at radius 3 is 2.17 bits per heavy atom. The molecule has 4 nitrogen and oxygen atoms in total. The molecule has 6 heteroatoms. The van der Waals surface area contributed by atoms with Gasteiger partial charge < -0.3 is 10.4 Å². The molecule has 0 saturated heterocycles. The van der Waals surface area contributed by atoms with E-state index in [9.17, 15) is 9.59 Å². The van der Waals surface area contributed by atoms with Gasteiger partial charge in [-0.15, -0.1) is 0 Å². The molecule has 1 aromatic rings. The number of aliphatic carboxylic acids is 1. The number of carbonyl (C=O) groups is 2. The van der Waals surface area contributed by atoms with Crippen molar-refractivity contribution in [1.82, 2.24) is 5.32 Å². The molecule has 0 fully saturated rings. The van der Waals surface area contributed by atoms with Crippen molar-refractivity contribution in [3.8, 4) is 0 Å². The van der Waals surface area contributed by atoms with Gasteiger partial charge >= 0.3 is 5.97 Å². The topological polar surface area (TPSA) is 66.4 Å². The Kier molecular flexibility index (Phi) is 4.99. The molecular formula is C12H13Cl2NO3. The molecule has 2 N–H and O–H groups in total. The standard InChI is InChI=1S/C12H13Cl2NO3/c1-6(12(17)18)7(2)15-11(16)10-8(13)4-3-5-9(10)14/h3-7H,1-2H3,(H,15,16)(H,17,18). The maximum atomic E-state index is 12.0. The van der Waals surface area contributed by atoms with Crippen LogP contribution in [0.5, 0.6) is 0 Å². The maximum absolute atomic E-state index is 12.0. The van der Waals surface area contributed by atoms with Gasteiger partial charge in [-0.25, -0.2) is 0 Å². The van der Waals surface area contributed by atoms with Gasteiger partial charge in [-0.3, -0.25) is 9.59 Å². The number of carboxylic acid groups (broad SMARTS) is 1. The van der Waals surface area contributed by atoms with E-state index in [1.54, 1.807) is 25.1 Å². The lowest BCUT2D eigenvalue weighted by atomic mass is 10.0. The number of hydrogen-bond acceptors (Lipinski definition) is 2. The zero-order chi connectivity index (χ0) is 13.9. The molecule has 0 spiro atoms. The van der Waals surface area contributed by atoms with Gasteiger partial charge in [0.2, 0.25) is 0 Å². The van der Waals surface area contributed by atoms with E-state index in [1.807, 2.05) is 0 Å². The first kappa shape index (κ1) is 14.8. The fourth-order valence-electron chi connectivity index (χ4n) is 1.33. The molecule has 0 heterocycles.